The number of ether oxygens (including phenoxy) is 1. The van der Waals surface area contributed by atoms with Crippen molar-refractivity contribution in [3.05, 3.63) is 65.8 Å². The minimum atomic E-state index is -0.675. The second kappa shape index (κ2) is 6.62. The first-order valence-corrected chi connectivity index (χ1v) is 7.70. The summed E-state index contributed by atoms with van der Waals surface area (Å²) in [7, 11) is 0. The Kier molecular flexibility index (Phi) is 4.37. The van der Waals surface area contributed by atoms with Gasteiger partial charge in [-0.25, -0.2) is 9.59 Å². The highest BCUT2D eigenvalue weighted by atomic mass is 16.5. The van der Waals surface area contributed by atoms with Crippen LogP contribution >= 0.6 is 0 Å². The summed E-state index contributed by atoms with van der Waals surface area (Å²) < 4.78 is 10.6. The number of furan rings is 1. The highest BCUT2D eigenvalue weighted by Gasteiger charge is 2.38. The maximum absolute atomic E-state index is 12.6. The molecule has 1 aliphatic rings. The SMILES string of the molecule is CCOC(=O)C1=C(C)N(c2ccccc2)C(=O)N[C@H]1c1ccco1. The number of carbonyl (C=O) groups is 2. The topological polar surface area (TPSA) is 71.8 Å². The Balaban J connectivity index is 2.11. The summed E-state index contributed by atoms with van der Waals surface area (Å²) in [6.45, 7) is 3.72. The molecule has 0 unspecified atom stereocenters. The zero-order valence-electron chi connectivity index (χ0n) is 13.5. The fourth-order valence-electron chi connectivity index (χ4n) is 2.77. The van der Waals surface area contributed by atoms with Crippen LogP contribution in [-0.2, 0) is 9.53 Å². The van der Waals surface area contributed by atoms with E-state index < -0.39 is 12.0 Å². The lowest BCUT2D eigenvalue weighted by Crippen LogP contribution is -2.48. The second-order valence-electron chi connectivity index (χ2n) is 5.29. The molecule has 0 bridgehead atoms. The molecule has 0 saturated carbocycles. The van der Waals surface area contributed by atoms with Gasteiger partial charge in [-0.05, 0) is 38.1 Å². The van der Waals surface area contributed by atoms with Crippen molar-refractivity contribution in [3.8, 4) is 0 Å². The number of rotatable bonds is 4. The van der Waals surface area contributed by atoms with Crippen LogP contribution in [0.1, 0.15) is 25.6 Å². The maximum Gasteiger partial charge on any atom is 0.338 e. The van der Waals surface area contributed by atoms with Gasteiger partial charge in [0.05, 0.1) is 24.1 Å². The molecular formula is C18H18N2O4. The van der Waals surface area contributed by atoms with E-state index in [1.807, 2.05) is 18.2 Å². The summed E-state index contributed by atoms with van der Waals surface area (Å²) in [5.74, 6) is 0.01000. The quantitative estimate of drug-likeness (QED) is 0.874. The molecule has 1 aliphatic heterocycles. The van der Waals surface area contributed by atoms with Crippen molar-refractivity contribution in [2.24, 2.45) is 0 Å². The number of para-hydroxylation sites is 1. The van der Waals surface area contributed by atoms with Gasteiger partial charge in [-0.3, -0.25) is 4.90 Å². The number of esters is 1. The zero-order chi connectivity index (χ0) is 17.1. The van der Waals surface area contributed by atoms with E-state index in [0.29, 0.717) is 22.7 Å². The van der Waals surface area contributed by atoms with Crippen molar-refractivity contribution in [1.82, 2.24) is 5.32 Å². The van der Waals surface area contributed by atoms with E-state index in [9.17, 15) is 9.59 Å². The van der Waals surface area contributed by atoms with E-state index in [1.54, 1.807) is 38.1 Å². The lowest BCUT2D eigenvalue weighted by Gasteiger charge is -2.34. The minimum Gasteiger partial charge on any atom is -0.467 e. The smallest absolute Gasteiger partial charge is 0.338 e. The number of benzene rings is 1. The summed E-state index contributed by atoms with van der Waals surface area (Å²) in [6, 6.07) is 11.6. The molecule has 124 valence electrons. The molecule has 1 aromatic heterocycles. The number of nitrogens with one attached hydrogen (secondary N) is 1. The molecule has 1 aromatic carbocycles. The Morgan fingerprint density at radius 1 is 1.25 bits per heavy atom. The van der Waals surface area contributed by atoms with Crippen LogP contribution in [0.15, 0.2) is 64.4 Å². The molecule has 2 heterocycles. The van der Waals surface area contributed by atoms with Crippen LogP contribution < -0.4 is 10.2 Å². The van der Waals surface area contributed by atoms with Crippen molar-refractivity contribution in [1.29, 1.82) is 0 Å². The predicted molar refractivity (Wildman–Crippen MR) is 88.2 cm³/mol. The zero-order valence-corrected chi connectivity index (χ0v) is 13.5. The number of carbonyl (C=O) groups excluding carboxylic acids is 2. The molecular weight excluding hydrogens is 308 g/mol. The van der Waals surface area contributed by atoms with Crippen molar-refractivity contribution >= 4 is 17.7 Å². The summed E-state index contributed by atoms with van der Waals surface area (Å²) >= 11 is 0. The number of amides is 2. The highest BCUT2D eigenvalue weighted by molar-refractivity contribution is 6.03. The van der Waals surface area contributed by atoms with Crippen LogP contribution in [0.5, 0.6) is 0 Å². The van der Waals surface area contributed by atoms with Gasteiger partial charge in [0, 0.05) is 5.70 Å². The molecule has 1 N–H and O–H groups in total. The van der Waals surface area contributed by atoms with Crippen molar-refractivity contribution < 1.29 is 18.7 Å². The largest absolute Gasteiger partial charge is 0.467 e. The van der Waals surface area contributed by atoms with Crippen LogP contribution in [0.2, 0.25) is 0 Å². The number of allylic oxidation sites excluding steroid dienone is 1. The summed E-state index contributed by atoms with van der Waals surface area (Å²) in [5, 5.41) is 2.82. The van der Waals surface area contributed by atoms with Crippen LogP contribution in [0.4, 0.5) is 10.5 Å². The molecule has 0 saturated heterocycles. The minimum absolute atomic E-state index is 0.250. The van der Waals surface area contributed by atoms with Gasteiger partial charge in [-0.15, -0.1) is 0 Å². The lowest BCUT2D eigenvalue weighted by molar-refractivity contribution is -0.139. The molecule has 0 fully saturated rings. The lowest BCUT2D eigenvalue weighted by atomic mass is 9.99. The fourth-order valence-corrected chi connectivity index (χ4v) is 2.77. The van der Waals surface area contributed by atoms with Gasteiger partial charge in [0.15, 0.2) is 0 Å². The number of nitrogens with zero attached hydrogens (tertiary/aromatic N) is 1. The van der Waals surface area contributed by atoms with Crippen LogP contribution in [0, 0.1) is 0 Å². The molecule has 1 atom stereocenters. The van der Waals surface area contributed by atoms with Crippen LogP contribution in [0.3, 0.4) is 0 Å². The first-order valence-electron chi connectivity index (χ1n) is 7.70. The molecule has 0 aliphatic carbocycles. The third kappa shape index (κ3) is 2.78. The normalized spacial score (nSPS) is 17.7. The third-order valence-electron chi connectivity index (χ3n) is 3.82. The maximum atomic E-state index is 12.6. The van der Waals surface area contributed by atoms with E-state index >= 15 is 0 Å². The Bertz CT molecular complexity index is 766. The van der Waals surface area contributed by atoms with Crippen molar-refractivity contribution in [2.75, 3.05) is 11.5 Å². The molecule has 6 nitrogen and oxygen atoms in total. The molecule has 3 rings (SSSR count). The van der Waals surface area contributed by atoms with Gasteiger partial charge in [-0.2, -0.15) is 0 Å². The van der Waals surface area contributed by atoms with Gasteiger partial charge in [0.1, 0.15) is 11.8 Å². The van der Waals surface area contributed by atoms with Gasteiger partial charge < -0.3 is 14.5 Å². The molecule has 6 heteroatoms. The number of urea groups is 1. The molecule has 24 heavy (non-hydrogen) atoms. The number of hydrogen-bond acceptors (Lipinski definition) is 4. The van der Waals surface area contributed by atoms with Gasteiger partial charge in [0.2, 0.25) is 0 Å². The predicted octanol–water partition coefficient (Wildman–Crippen LogP) is 3.39. The van der Waals surface area contributed by atoms with Crippen LogP contribution in [-0.4, -0.2) is 18.6 Å². The van der Waals surface area contributed by atoms with Crippen molar-refractivity contribution in [2.45, 2.75) is 19.9 Å². The Labute approximate surface area is 139 Å². The Morgan fingerprint density at radius 3 is 2.62 bits per heavy atom. The van der Waals surface area contributed by atoms with Crippen molar-refractivity contribution in [3.63, 3.8) is 0 Å². The standard InChI is InChI=1S/C18H18N2O4/c1-3-23-17(21)15-12(2)20(13-8-5-4-6-9-13)18(22)19-16(15)14-10-7-11-24-14/h4-11,16H,3H2,1-2H3,(H,19,22)/t16-/m0/s1. The van der Waals surface area contributed by atoms with E-state index in [2.05, 4.69) is 5.32 Å². The van der Waals surface area contributed by atoms with E-state index in [1.165, 1.54) is 11.2 Å². The summed E-state index contributed by atoms with van der Waals surface area (Å²) in [5.41, 5.74) is 1.55. The summed E-state index contributed by atoms with van der Waals surface area (Å²) in [4.78, 5) is 26.6. The number of hydrogen-bond donors (Lipinski definition) is 1. The second-order valence-corrected chi connectivity index (χ2v) is 5.29. The molecule has 0 radical (unpaired) electrons. The summed E-state index contributed by atoms with van der Waals surface area (Å²) in [6.07, 6.45) is 1.50. The molecule has 2 amide bonds. The first kappa shape index (κ1) is 15.9. The number of anilines is 1. The molecule has 2 aromatic rings. The van der Waals surface area contributed by atoms with Crippen LogP contribution in [0.25, 0.3) is 0 Å². The van der Waals surface area contributed by atoms with E-state index in [0.717, 1.165) is 0 Å². The average Bonchev–Trinajstić information content (AvgIpc) is 3.10. The fraction of sp³-hybridized carbons (Fsp3) is 0.222. The monoisotopic (exact) mass is 326 g/mol. The Morgan fingerprint density at radius 2 is 2.00 bits per heavy atom. The first-order chi connectivity index (χ1) is 11.6. The molecule has 0 spiro atoms. The van der Waals surface area contributed by atoms with E-state index in [4.69, 9.17) is 9.15 Å². The van der Waals surface area contributed by atoms with E-state index in [-0.39, 0.29) is 12.6 Å². The van der Waals surface area contributed by atoms with Gasteiger partial charge in [-0.1, -0.05) is 18.2 Å². The Hall–Kier alpha value is -3.02. The van der Waals surface area contributed by atoms with Gasteiger partial charge in [0.25, 0.3) is 0 Å². The highest BCUT2D eigenvalue weighted by Crippen LogP contribution is 2.34. The average molecular weight is 326 g/mol. The van der Waals surface area contributed by atoms with Gasteiger partial charge >= 0.3 is 12.0 Å². The third-order valence-corrected chi connectivity index (χ3v) is 3.82.